The van der Waals surface area contributed by atoms with Crippen molar-refractivity contribution < 1.29 is 0 Å². The maximum Gasteiger partial charge on any atom is 0.184 e. The number of hydrogen-bond donors (Lipinski definition) is 0. The van der Waals surface area contributed by atoms with Crippen molar-refractivity contribution in [2.24, 2.45) is 0 Å². The summed E-state index contributed by atoms with van der Waals surface area (Å²) >= 11 is 7.81. The molecule has 1 heterocycles. The number of fused-ring (bicyclic) bond motifs is 3. The van der Waals surface area contributed by atoms with Crippen molar-refractivity contribution in [1.82, 2.24) is 0 Å². The first kappa shape index (κ1) is 31.4. The molecule has 0 saturated carbocycles. The van der Waals surface area contributed by atoms with E-state index in [4.69, 9.17) is 11.6 Å². The van der Waals surface area contributed by atoms with E-state index in [2.05, 4.69) is 212 Å². The highest BCUT2D eigenvalue weighted by molar-refractivity contribution is 7.21. The number of hydrogen-bond acceptors (Lipinski definition) is 2. The van der Waals surface area contributed by atoms with Gasteiger partial charge in [-0.3, -0.25) is 0 Å². The van der Waals surface area contributed by atoms with Crippen molar-refractivity contribution in [3.05, 3.63) is 204 Å². The van der Waals surface area contributed by atoms with E-state index in [1.807, 2.05) is 0 Å². The van der Waals surface area contributed by atoms with E-state index in [1.54, 1.807) is 0 Å². The Morgan fingerprint density at radius 2 is 1.00 bits per heavy atom. The van der Waals surface area contributed by atoms with E-state index in [0.717, 1.165) is 28.4 Å². The van der Waals surface area contributed by atoms with E-state index in [9.17, 15) is 0 Å². The maximum absolute atomic E-state index is 7.81. The van der Waals surface area contributed by atoms with Gasteiger partial charge >= 0.3 is 0 Å². The smallest absolute Gasteiger partial charge is 0.184 e. The second kappa shape index (κ2) is 12.3. The highest BCUT2D eigenvalue weighted by atomic mass is 35.5. The van der Waals surface area contributed by atoms with Crippen LogP contribution in [-0.4, -0.2) is 8.07 Å². The summed E-state index contributed by atoms with van der Waals surface area (Å²) in [5.74, 6) is 0. The Labute approximate surface area is 306 Å². The Morgan fingerprint density at radius 3 is 1.59 bits per heavy atom. The van der Waals surface area contributed by atoms with Crippen molar-refractivity contribution in [3.8, 4) is 0 Å². The molecular weight excluding hydrogens is 656 g/mol. The largest absolute Gasteiger partial charge is 0.312 e. The first-order chi connectivity index (χ1) is 25.0. The number of allylic oxidation sites excluding steroid dienone is 1. The van der Waals surface area contributed by atoms with Crippen LogP contribution in [0, 0.1) is 0 Å². The zero-order valence-corrected chi connectivity index (χ0v) is 30.4. The number of benzene rings is 7. The van der Waals surface area contributed by atoms with Gasteiger partial charge in [-0.1, -0.05) is 171 Å². The van der Waals surface area contributed by atoms with Crippen LogP contribution >= 0.6 is 11.6 Å². The fraction of sp³-hybridized carbons (Fsp3) is 0.0638. The fourth-order valence-corrected chi connectivity index (χ4v) is 13.9. The van der Waals surface area contributed by atoms with Gasteiger partial charge in [-0.05, 0) is 74.3 Å². The van der Waals surface area contributed by atoms with Gasteiger partial charge in [-0.25, -0.2) is 0 Å². The molecule has 51 heavy (non-hydrogen) atoms. The maximum atomic E-state index is 7.81. The Bertz CT molecular complexity index is 2330. The average Bonchev–Trinajstić information content (AvgIpc) is 3.45. The normalized spacial score (nSPS) is 15.0. The van der Waals surface area contributed by atoms with Crippen LogP contribution in [0.1, 0.15) is 25.0 Å². The van der Waals surface area contributed by atoms with Crippen LogP contribution in [-0.2, 0) is 5.41 Å². The number of para-hydroxylation sites is 3. The van der Waals surface area contributed by atoms with Gasteiger partial charge in [0, 0.05) is 28.2 Å². The molecular formula is C47H37ClN2Si. The summed E-state index contributed by atoms with van der Waals surface area (Å²) in [5, 5.41) is 6.11. The molecule has 9 rings (SSSR count). The summed E-state index contributed by atoms with van der Waals surface area (Å²) in [6.45, 7) is 4.62. The minimum absolute atomic E-state index is 0.243. The summed E-state index contributed by atoms with van der Waals surface area (Å²) in [5.41, 5.74) is 8.79. The molecule has 0 N–H and O–H groups in total. The molecule has 0 bridgehead atoms. The summed E-state index contributed by atoms with van der Waals surface area (Å²) in [7, 11) is -2.74. The third kappa shape index (κ3) is 4.76. The highest BCUT2D eigenvalue weighted by Gasteiger charge is 2.49. The lowest BCUT2D eigenvalue weighted by atomic mass is 9.83. The molecule has 0 fully saturated rings. The number of rotatable bonds is 6. The van der Waals surface area contributed by atoms with Gasteiger partial charge in [-0.15, -0.1) is 0 Å². The van der Waals surface area contributed by atoms with Gasteiger partial charge in [0.05, 0.1) is 16.4 Å². The molecule has 7 aromatic carbocycles. The third-order valence-electron chi connectivity index (χ3n) is 10.8. The molecule has 2 nitrogen and oxygen atoms in total. The van der Waals surface area contributed by atoms with Crippen molar-refractivity contribution in [1.29, 1.82) is 0 Å². The number of halogens is 1. The molecule has 0 atom stereocenters. The molecule has 7 aromatic rings. The Morgan fingerprint density at radius 1 is 0.510 bits per heavy atom. The van der Waals surface area contributed by atoms with Crippen LogP contribution < -0.4 is 30.5 Å². The van der Waals surface area contributed by atoms with Crippen LogP contribution in [0.4, 0.5) is 28.4 Å². The predicted molar refractivity (Wildman–Crippen MR) is 219 cm³/mol. The van der Waals surface area contributed by atoms with Crippen molar-refractivity contribution in [2.45, 2.75) is 19.3 Å². The van der Waals surface area contributed by atoms with E-state index >= 15 is 0 Å². The van der Waals surface area contributed by atoms with Crippen molar-refractivity contribution in [3.63, 3.8) is 0 Å². The SMILES string of the molecule is CC1(C)C(N(c2ccccc2)c2cccc(N3c4ccccc4[Si](c4ccccc4)(c4ccccc4)c4ccccc43)c2Cl)=Cc2ccccc21. The van der Waals surface area contributed by atoms with E-state index in [1.165, 1.54) is 37.6 Å². The predicted octanol–water partition coefficient (Wildman–Crippen LogP) is 9.97. The zero-order valence-electron chi connectivity index (χ0n) is 28.7. The molecule has 246 valence electrons. The van der Waals surface area contributed by atoms with Gasteiger partial charge in [0.2, 0.25) is 0 Å². The first-order valence-corrected chi connectivity index (χ1v) is 19.9. The van der Waals surface area contributed by atoms with Crippen LogP contribution in [0.3, 0.4) is 0 Å². The van der Waals surface area contributed by atoms with Gasteiger partial charge < -0.3 is 9.80 Å². The van der Waals surface area contributed by atoms with Crippen LogP contribution in [0.25, 0.3) is 6.08 Å². The molecule has 0 radical (unpaired) electrons. The standard InChI is InChI=1S/C47H37ClN2Si/c1-47(2)38-26-13-12-19-34(38)33-45(47)49(35-20-6-3-7-21-35)41-29-18-30-42(46(41)48)50-39-27-14-16-31-43(39)51(36-22-8-4-9-23-36,37-24-10-5-11-25-37)44-32-17-15-28-40(44)50/h3-33H,1-2H3. The summed E-state index contributed by atoms with van der Waals surface area (Å²) < 4.78 is 0. The highest BCUT2D eigenvalue weighted by Crippen LogP contribution is 2.51. The Balaban J connectivity index is 1.29. The molecule has 0 unspecified atom stereocenters. The second-order valence-electron chi connectivity index (χ2n) is 13.9. The number of nitrogens with zero attached hydrogens (tertiary/aromatic N) is 2. The molecule has 1 aliphatic carbocycles. The van der Waals surface area contributed by atoms with Crippen LogP contribution in [0.15, 0.2) is 188 Å². The lowest BCUT2D eigenvalue weighted by Gasteiger charge is -2.45. The Kier molecular flexibility index (Phi) is 7.57. The second-order valence-corrected chi connectivity index (χ2v) is 18.0. The molecule has 0 spiro atoms. The van der Waals surface area contributed by atoms with Gasteiger partial charge in [-0.2, -0.15) is 0 Å². The summed E-state index contributed by atoms with van der Waals surface area (Å²) in [4.78, 5) is 4.76. The van der Waals surface area contributed by atoms with Gasteiger partial charge in [0.15, 0.2) is 8.07 Å². The summed E-state index contributed by atoms with van der Waals surface area (Å²) in [6.07, 6.45) is 2.33. The van der Waals surface area contributed by atoms with E-state index < -0.39 is 8.07 Å². The summed E-state index contributed by atoms with van der Waals surface area (Å²) in [6, 6.07) is 66.0. The monoisotopic (exact) mass is 692 g/mol. The van der Waals surface area contributed by atoms with Crippen LogP contribution in [0.2, 0.25) is 5.02 Å². The third-order valence-corrected chi connectivity index (χ3v) is 16.0. The average molecular weight is 693 g/mol. The van der Waals surface area contributed by atoms with Gasteiger partial charge in [0.1, 0.15) is 0 Å². The first-order valence-electron chi connectivity index (χ1n) is 17.6. The van der Waals surface area contributed by atoms with E-state index in [-0.39, 0.29) is 5.41 Å². The quantitative estimate of drug-likeness (QED) is 0.160. The molecule has 0 saturated heterocycles. The van der Waals surface area contributed by atoms with Crippen molar-refractivity contribution in [2.75, 3.05) is 9.80 Å². The minimum atomic E-state index is -2.74. The topological polar surface area (TPSA) is 6.48 Å². The molecule has 4 heteroatoms. The fourth-order valence-electron chi connectivity index (χ4n) is 8.51. The zero-order chi connectivity index (χ0) is 34.6. The minimum Gasteiger partial charge on any atom is -0.312 e. The van der Waals surface area contributed by atoms with Gasteiger partial charge in [0.25, 0.3) is 0 Å². The lowest BCUT2D eigenvalue weighted by molar-refractivity contribution is 0.626. The number of anilines is 5. The van der Waals surface area contributed by atoms with E-state index in [0.29, 0.717) is 5.02 Å². The lowest BCUT2D eigenvalue weighted by Crippen LogP contribution is -2.77. The molecule has 2 aliphatic rings. The Hall–Kier alpha value is -5.61. The van der Waals surface area contributed by atoms with Crippen LogP contribution in [0.5, 0.6) is 0 Å². The molecule has 1 aliphatic heterocycles. The molecule has 0 aromatic heterocycles. The van der Waals surface area contributed by atoms with Crippen molar-refractivity contribution >= 4 is 74.9 Å². The molecule has 0 amide bonds.